The third-order valence-electron chi connectivity index (χ3n) is 3.97. The van der Waals surface area contributed by atoms with Crippen LogP contribution < -0.4 is 10.6 Å². The predicted molar refractivity (Wildman–Crippen MR) is 106 cm³/mol. The molecule has 9 heteroatoms. The Kier molecular flexibility index (Phi) is 6.05. The van der Waals surface area contributed by atoms with Gasteiger partial charge in [-0.1, -0.05) is 23.4 Å². The molecule has 144 valence electrons. The van der Waals surface area contributed by atoms with Gasteiger partial charge in [0.05, 0.1) is 11.4 Å². The maximum Gasteiger partial charge on any atom is 0.278 e. The highest BCUT2D eigenvalue weighted by Crippen LogP contribution is 2.19. The van der Waals surface area contributed by atoms with E-state index < -0.39 is 11.7 Å². The Hall–Kier alpha value is -3.20. The van der Waals surface area contributed by atoms with Crippen LogP contribution in [0.5, 0.6) is 0 Å². The smallest absolute Gasteiger partial charge is 0.278 e. The summed E-state index contributed by atoms with van der Waals surface area (Å²) in [6.45, 7) is 1.52. The largest absolute Gasteiger partial charge is 0.324 e. The van der Waals surface area contributed by atoms with Gasteiger partial charge in [-0.2, -0.15) is 0 Å². The highest BCUT2D eigenvalue weighted by Gasteiger charge is 2.19. The number of benzene rings is 2. The van der Waals surface area contributed by atoms with Crippen molar-refractivity contribution >= 4 is 35.0 Å². The van der Waals surface area contributed by atoms with Gasteiger partial charge in [0.15, 0.2) is 5.69 Å². The number of amides is 2. The average Bonchev–Trinajstić information content (AvgIpc) is 3.04. The zero-order valence-electron chi connectivity index (χ0n) is 15.3. The number of anilines is 2. The fraction of sp³-hybridized carbons (Fsp3) is 0.158. The molecule has 0 aliphatic carbocycles. The average molecular weight is 399 g/mol. The van der Waals surface area contributed by atoms with Crippen LogP contribution in [0, 0.1) is 12.7 Å². The molecule has 0 bridgehead atoms. The van der Waals surface area contributed by atoms with Crippen molar-refractivity contribution in [2.75, 3.05) is 16.9 Å². The standard InChI is InChI=1S/C19H18FN5O2S/c1-12-18(19(27)22-16-9-4-3-8-15(16)20)23-24-25(12)11-17(26)21-13-6-5-7-14(10-13)28-2/h3-10H,11H2,1-2H3,(H,21,26)(H,22,27). The molecule has 1 aromatic heterocycles. The van der Waals surface area contributed by atoms with Gasteiger partial charge in [0.25, 0.3) is 5.91 Å². The van der Waals surface area contributed by atoms with Crippen molar-refractivity contribution in [3.05, 3.63) is 65.7 Å². The van der Waals surface area contributed by atoms with E-state index in [1.807, 2.05) is 24.5 Å². The third-order valence-corrected chi connectivity index (χ3v) is 4.69. The lowest BCUT2D eigenvalue weighted by molar-refractivity contribution is -0.117. The molecule has 0 spiro atoms. The number of para-hydroxylation sites is 1. The summed E-state index contributed by atoms with van der Waals surface area (Å²) in [5.41, 5.74) is 1.15. The van der Waals surface area contributed by atoms with E-state index in [0.717, 1.165) is 4.90 Å². The summed E-state index contributed by atoms with van der Waals surface area (Å²) >= 11 is 1.57. The fourth-order valence-electron chi connectivity index (χ4n) is 2.50. The molecule has 1 heterocycles. The molecule has 0 aliphatic heterocycles. The van der Waals surface area contributed by atoms with E-state index in [1.54, 1.807) is 30.8 Å². The van der Waals surface area contributed by atoms with Crippen LogP contribution in [0.2, 0.25) is 0 Å². The molecule has 0 saturated heterocycles. The van der Waals surface area contributed by atoms with Crippen LogP contribution in [0.3, 0.4) is 0 Å². The molecule has 0 saturated carbocycles. The van der Waals surface area contributed by atoms with Crippen molar-refractivity contribution < 1.29 is 14.0 Å². The molecule has 0 fully saturated rings. The number of carbonyl (C=O) groups is 2. The lowest BCUT2D eigenvalue weighted by Gasteiger charge is -2.08. The molecule has 0 radical (unpaired) electrons. The van der Waals surface area contributed by atoms with Crippen LogP contribution in [-0.4, -0.2) is 33.1 Å². The Bertz CT molecular complexity index is 1020. The van der Waals surface area contributed by atoms with E-state index in [1.165, 1.54) is 22.9 Å². The number of nitrogens with one attached hydrogen (secondary N) is 2. The number of thioether (sulfide) groups is 1. The van der Waals surface area contributed by atoms with Crippen LogP contribution >= 0.6 is 11.8 Å². The lowest BCUT2D eigenvalue weighted by atomic mass is 10.2. The molecule has 7 nitrogen and oxygen atoms in total. The van der Waals surface area contributed by atoms with Crippen molar-refractivity contribution in [2.24, 2.45) is 0 Å². The first-order valence-corrected chi connectivity index (χ1v) is 9.60. The van der Waals surface area contributed by atoms with Gasteiger partial charge in [-0.05, 0) is 43.5 Å². The Morgan fingerprint density at radius 2 is 1.93 bits per heavy atom. The van der Waals surface area contributed by atoms with Gasteiger partial charge in [-0.15, -0.1) is 16.9 Å². The molecule has 28 heavy (non-hydrogen) atoms. The number of hydrogen-bond acceptors (Lipinski definition) is 5. The molecule has 2 N–H and O–H groups in total. The lowest BCUT2D eigenvalue weighted by Crippen LogP contribution is -2.21. The first-order valence-electron chi connectivity index (χ1n) is 8.38. The Morgan fingerprint density at radius 1 is 1.14 bits per heavy atom. The van der Waals surface area contributed by atoms with Gasteiger partial charge in [-0.25, -0.2) is 9.07 Å². The molecule has 0 atom stereocenters. The maximum atomic E-state index is 13.7. The Morgan fingerprint density at radius 3 is 2.68 bits per heavy atom. The molecule has 2 aromatic carbocycles. The van der Waals surface area contributed by atoms with Gasteiger partial charge < -0.3 is 10.6 Å². The molecule has 3 aromatic rings. The first-order chi connectivity index (χ1) is 13.5. The summed E-state index contributed by atoms with van der Waals surface area (Å²) in [5.74, 6) is -1.44. The summed E-state index contributed by atoms with van der Waals surface area (Å²) in [6, 6.07) is 13.3. The van der Waals surface area contributed by atoms with E-state index in [0.29, 0.717) is 11.4 Å². The third kappa shape index (κ3) is 4.55. The predicted octanol–water partition coefficient (Wildman–Crippen LogP) is 3.34. The highest BCUT2D eigenvalue weighted by molar-refractivity contribution is 7.98. The SMILES string of the molecule is CSc1cccc(NC(=O)Cn2nnc(C(=O)Nc3ccccc3F)c2C)c1. The molecular weight excluding hydrogens is 381 g/mol. The van der Waals surface area contributed by atoms with E-state index >= 15 is 0 Å². The molecule has 0 unspecified atom stereocenters. The quantitative estimate of drug-likeness (QED) is 0.621. The maximum absolute atomic E-state index is 13.7. The van der Waals surface area contributed by atoms with Crippen LogP contribution in [-0.2, 0) is 11.3 Å². The number of halogens is 1. The summed E-state index contributed by atoms with van der Waals surface area (Å²) in [4.78, 5) is 25.7. The van der Waals surface area contributed by atoms with Gasteiger partial charge in [0.1, 0.15) is 12.4 Å². The van der Waals surface area contributed by atoms with Crippen molar-refractivity contribution in [2.45, 2.75) is 18.4 Å². The topological polar surface area (TPSA) is 88.9 Å². The van der Waals surface area contributed by atoms with Crippen LogP contribution in [0.1, 0.15) is 16.2 Å². The van der Waals surface area contributed by atoms with Gasteiger partial charge in [-0.3, -0.25) is 9.59 Å². The second kappa shape index (κ2) is 8.66. The number of aromatic nitrogens is 3. The Labute approximate surface area is 165 Å². The van der Waals surface area contributed by atoms with Crippen molar-refractivity contribution in [3.63, 3.8) is 0 Å². The fourth-order valence-corrected chi connectivity index (χ4v) is 2.96. The van der Waals surface area contributed by atoms with Crippen LogP contribution in [0.15, 0.2) is 53.4 Å². The number of hydrogen-bond donors (Lipinski definition) is 2. The molecule has 3 rings (SSSR count). The minimum absolute atomic E-state index is 0.0282. The number of nitrogens with zero attached hydrogens (tertiary/aromatic N) is 3. The summed E-state index contributed by atoms with van der Waals surface area (Å²) in [5, 5.41) is 12.9. The van der Waals surface area contributed by atoms with Gasteiger partial charge >= 0.3 is 0 Å². The number of rotatable bonds is 6. The van der Waals surface area contributed by atoms with E-state index in [4.69, 9.17) is 0 Å². The van der Waals surface area contributed by atoms with E-state index in [9.17, 15) is 14.0 Å². The van der Waals surface area contributed by atoms with Gasteiger partial charge in [0, 0.05) is 10.6 Å². The van der Waals surface area contributed by atoms with Crippen LogP contribution in [0.4, 0.5) is 15.8 Å². The Balaban J connectivity index is 1.67. The first kappa shape index (κ1) is 19.6. The second-order valence-corrected chi connectivity index (χ2v) is 6.77. The summed E-state index contributed by atoms with van der Waals surface area (Å²) in [7, 11) is 0. The highest BCUT2D eigenvalue weighted by atomic mass is 32.2. The summed E-state index contributed by atoms with van der Waals surface area (Å²) < 4.78 is 15.0. The van der Waals surface area contributed by atoms with E-state index in [-0.39, 0.29) is 23.8 Å². The monoisotopic (exact) mass is 399 g/mol. The minimum Gasteiger partial charge on any atom is -0.324 e. The normalized spacial score (nSPS) is 10.5. The van der Waals surface area contributed by atoms with Gasteiger partial charge in [0.2, 0.25) is 5.91 Å². The van der Waals surface area contributed by atoms with Crippen molar-refractivity contribution in [1.82, 2.24) is 15.0 Å². The minimum atomic E-state index is -0.595. The molecular formula is C19H18FN5O2S. The summed E-state index contributed by atoms with van der Waals surface area (Å²) in [6.07, 6.45) is 1.95. The second-order valence-electron chi connectivity index (χ2n) is 5.90. The zero-order valence-corrected chi connectivity index (χ0v) is 16.1. The number of carbonyl (C=O) groups excluding carboxylic acids is 2. The van der Waals surface area contributed by atoms with Crippen LogP contribution in [0.25, 0.3) is 0 Å². The molecule has 0 aliphatic rings. The zero-order chi connectivity index (χ0) is 20.1. The van der Waals surface area contributed by atoms with E-state index in [2.05, 4.69) is 20.9 Å². The van der Waals surface area contributed by atoms with Crippen molar-refractivity contribution in [3.8, 4) is 0 Å². The molecule has 2 amide bonds. The van der Waals surface area contributed by atoms with Crippen molar-refractivity contribution in [1.29, 1.82) is 0 Å².